The topological polar surface area (TPSA) is 257 Å². The first kappa shape index (κ1) is 26.7. The van der Waals surface area contributed by atoms with E-state index in [9.17, 15) is 28.8 Å². The minimum atomic E-state index is -1.70. The predicted octanol–water partition coefficient (Wildman–Crippen LogP) is -4.75. The van der Waals surface area contributed by atoms with Gasteiger partial charge in [0.25, 0.3) is 0 Å². The largest absolute Gasteiger partial charge is 0.480 e. The Kier molecular flexibility index (Phi) is 11.0. The van der Waals surface area contributed by atoms with Crippen molar-refractivity contribution in [1.29, 1.82) is 0 Å². The Bertz CT molecular complexity index is 683. The molecule has 0 aliphatic carbocycles. The van der Waals surface area contributed by atoms with E-state index in [1.165, 1.54) is 0 Å². The molecule has 0 aromatic carbocycles. The molecule has 4 unspecified atom stereocenters. The molecule has 0 saturated carbocycles. The maximum Gasteiger partial charge on any atom is 0.328 e. The van der Waals surface area contributed by atoms with E-state index in [0.717, 1.165) is 0 Å². The van der Waals surface area contributed by atoms with E-state index in [2.05, 4.69) is 10.6 Å². The first-order chi connectivity index (χ1) is 13.8. The van der Waals surface area contributed by atoms with Crippen molar-refractivity contribution in [2.75, 3.05) is 6.61 Å². The minimum Gasteiger partial charge on any atom is -0.480 e. The fraction of sp³-hybridized carbons (Fsp3) is 0.625. The van der Waals surface area contributed by atoms with Crippen molar-refractivity contribution in [2.45, 2.75) is 50.9 Å². The quantitative estimate of drug-likeness (QED) is 0.139. The Labute approximate surface area is 171 Å². The second kappa shape index (κ2) is 12.3. The summed E-state index contributed by atoms with van der Waals surface area (Å²) in [4.78, 5) is 70.3. The highest BCUT2D eigenvalue weighted by atomic mass is 16.4. The van der Waals surface area contributed by atoms with Crippen molar-refractivity contribution in [3.05, 3.63) is 0 Å². The number of carbonyl (C=O) groups is 6. The Morgan fingerprint density at radius 1 is 0.767 bits per heavy atom. The monoisotopic (exact) mass is 432 g/mol. The summed E-state index contributed by atoms with van der Waals surface area (Å²) in [5.74, 6) is -6.76. The van der Waals surface area contributed by atoms with Crippen LogP contribution in [0.5, 0.6) is 0 Å². The van der Waals surface area contributed by atoms with Crippen LogP contribution in [0.2, 0.25) is 0 Å². The molecular weight excluding hydrogens is 404 g/mol. The fourth-order valence-corrected chi connectivity index (χ4v) is 2.12. The molecule has 5 amide bonds. The third kappa shape index (κ3) is 9.29. The highest BCUT2D eigenvalue weighted by molar-refractivity contribution is 5.97. The second-order valence-electron chi connectivity index (χ2n) is 6.82. The van der Waals surface area contributed by atoms with Crippen LogP contribution < -0.4 is 33.2 Å². The van der Waals surface area contributed by atoms with E-state index in [0.29, 0.717) is 0 Å². The molecule has 4 atom stereocenters. The van der Waals surface area contributed by atoms with Crippen molar-refractivity contribution in [3.8, 4) is 0 Å². The maximum absolute atomic E-state index is 12.5. The molecule has 0 aliphatic heterocycles. The average molecular weight is 432 g/mol. The van der Waals surface area contributed by atoms with Crippen LogP contribution in [0.4, 0.5) is 0 Å². The van der Waals surface area contributed by atoms with Gasteiger partial charge < -0.3 is 43.4 Å². The van der Waals surface area contributed by atoms with Gasteiger partial charge in [-0.2, -0.15) is 0 Å². The Morgan fingerprint density at radius 2 is 1.13 bits per heavy atom. The summed E-state index contributed by atoms with van der Waals surface area (Å²) >= 11 is 0. The molecule has 0 rings (SSSR count). The first-order valence-electron chi connectivity index (χ1n) is 8.87. The van der Waals surface area contributed by atoms with Crippen LogP contribution in [0, 0.1) is 5.92 Å². The Hall–Kier alpha value is -3.26. The summed E-state index contributed by atoms with van der Waals surface area (Å²) in [7, 11) is 0. The summed E-state index contributed by atoms with van der Waals surface area (Å²) in [5.41, 5.74) is 15.8. The lowest BCUT2D eigenvalue weighted by Crippen LogP contribution is -2.59. The number of aliphatic hydroxyl groups is 1. The van der Waals surface area contributed by atoms with Crippen LogP contribution in [0.1, 0.15) is 26.7 Å². The lowest BCUT2D eigenvalue weighted by Gasteiger charge is -2.24. The zero-order valence-electron chi connectivity index (χ0n) is 16.6. The molecule has 170 valence electrons. The molecule has 0 fully saturated rings. The Balaban J connectivity index is 5.48. The van der Waals surface area contributed by atoms with Crippen LogP contribution in [0.25, 0.3) is 0 Å². The van der Waals surface area contributed by atoms with E-state index in [-0.39, 0.29) is 5.92 Å². The summed E-state index contributed by atoms with van der Waals surface area (Å²) < 4.78 is 0. The molecule has 0 aliphatic rings. The lowest BCUT2D eigenvalue weighted by molar-refractivity contribution is -0.143. The molecule has 30 heavy (non-hydrogen) atoms. The number of amides is 5. The number of primary amides is 2. The van der Waals surface area contributed by atoms with E-state index in [1.54, 1.807) is 13.8 Å². The van der Waals surface area contributed by atoms with E-state index < -0.39 is 79.1 Å². The Morgan fingerprint density at radius 3 is 1.43 bits per heavy atom. The second-order valence-corrected chi connectivity index (χ2v) is 6.82. The van der Waals surface area contributed by atoms with Gasteiger partial charge in [-0.25, -0.2) is 4.79 Å². The smallest absolute Gasteiger partial charge is 0.328 e. The van der Waals surface area contributed by atoms with Gasteiger partial charge in [-0.05, 0) is 5.92 Å². The predicted molar refractivity (Wildman–Crippen MR) is 101 cm³/mol. The molecule has 0 heterocycles. The van der Waals surface area contributed by atoms with Gasteiger partial charge in [-0.3, -0.25) is 24.0 Å². The number of carboxylic acids is 1. The molecule has 0 bridgehead atoms. The highest BCUT2D eigenvalue weighted by Crippen LogP contribution is 2.02. The van der Waals surface area contributed by atoms with Crippen molar-refractivity contribution in [2.24, 2.45) is 23.1 Å². The number of hydrogen-bond acceptors (Lipinski definition) is 8. The molecule has 0 aromatic heterocycles. The van der Waals surface area contributed by atoms with Gasteiger partial charge in [0.1, 0.15) is 18.1 Å². The highest BCUT2D eigenvalue weighted by Gasteiger charge is 2.32. The number of aliphatic carboxylic acids is 1. The standard InChI is InChI=1S/C16H28N6O8/c1-6(2)12(19)15(28)21-8(4-11(18)25)13(26)20-7(3-10(17)24)14(27)22-9(5-23)16(29)30/h6-9,12,23H,3-5,19H2,1-2H3,(H2,17,24)(H2,18,25)(H,20,26)(H,21,28)(H,22,27)(H,29,30). The molecule has 0 radical (unpaired) electrons. The first-order valence-corrected chi connectivity index (χ1v) is 8.87. The normalized spacial score (nSPS) is 14.7. The third-order valence-corrected chi connectivity index (χ3v) is 3.89. The fourth-order valence-electron chi connectivity index (χ4n) is 2.12. The van der Waals surface area contributed by atoms with Crippen LogP contribution in [-0.4, -0.2) is 76.5 Å². The number of nitrogens with two attached hydrogens (primary N) is 3. The van der Waals surface area contributed by atoms with Crippen molar-refractivity contribution < 1.29 is 39.0 Å². The number of nitrogens with one attached hydrogen (secondary N) is 3. The van der Waals surface area contributed by atoms with E-state index in [4.69, 9.17) is 27.4 Å². The summed E-state index contributed by atoms with van der Waals surface area (Å²) in [6.45, 7) is 2.35. The summed E-state index contributed by atoms with van der Waals surface area (Å²) in [6, 6.07) is -5.86. The lowest BCUT2D eigenvalue weighted by atomic mass is 10.0. The van der Waals surface area contributed by atoms with E-state index in [1.807, 2.05) is 5.32 Å². The third-order valence-electron chi connectivity index (χ3n) is 3.89. The van der Waals surface area contributed by atoms with Gasteiger partial charge in [-0.15, -0.1) is 0 Å². The molecule has 14 nitrogen and oxygen atoms in total. The zero-order chi connectivity index (χ0) is 23.6. The van der Waals surface area contributed by atoms with Crippen molar-refractivity contribution in [3.63, 3.8) is 0 Å². The number of rotatable bonds is 13. The van der Waals surface area contributed by atoms with Gasteiger partial charge in [0.05, 0.1) is 25.5 Å². The molecule has 11 N–H and O–H groups in total. The molecule has 0 saturated heterocycles. The summed E-state index contributed by atoms with van der Waals surface area (Å²) in [6.07, 6.45) is -1.36. The SMILES string of the molecule is CC(C)C(N)C(=O)NC(CC(N)=O)C(=O)NC(CC(N)=O)C(=O)NC(CO)C(=O)O. The molecule has 0 aromatic rings. The van der Waals surface area contributed by atoms with Crippen molar-refractivity contribution in [1.82, 2.24) is 16.0 Å². The molecular formula is C16H28N6O8. The van der Waals surface area contributed by atoms with Gasteiger partial charge in [0.2, 0.25) is 29.5 Å². The number of hydrogen-bond donors (Lipinski definition) is 8. The summed E-state index contributed by atoms with van der Waals surface area (Å²) in [5, 5.41) is 24.1. The number of aliphatic hydroxyl groups excluding tert-OH is 1. The number of carboxylic acid groups (broad SMARTS) is 1. The molecule has 0 spiro atoms. The zero-order valence-corrected chi connectivity index (χ0v) is 16.6. The van der Waals surface area contributed by atoms with Crippen LogP contribution in [-0.2, 0) is 28.8 Å². The van der Waals surface area contributed by atoms with Crippen LogP contribution in [0.3, 0.4) is 0 Å². The van der Waals surface area contributed by atoms with Crippen LogP contribution in [0.15, 0.2) is 0 Å². The van der Waals surface area contributed by atoms with Crippen molar-refractivity contribution >= 4 is 35.5 Å². The van der Waals surface area contributed by atoms with Gasteiger partial charge in [0.15, 0.2) is 0 Å². The van der Waals surface area contributed by atoms with Gasteiger partial charge in [0, 0.05) is 0 Å². The van der Waals surface area contributed by atoms with E-state index >= 15 is 0 Å². The molecule has 14 heteroatoms. The van der Waals surface area contributed by atoms with Gasteiger partial charge >= 0.3 is 5.97 Å². The number of carbonyl (C=O) groups excluding carboxylic acids is 5. The minimum absolute atomic E-state index is 0.290. The van der Waals surface area contributed by atoms with Crippen LogP contribution >= 0.6 is 0 Å². The average Bonchev–Trinajstić information content (AvgIpc) is 2.62. The van der Waals surface area contributed by atoms with Gasteiger partial charge in [-0.1, -0.05) is 13.8 Å². The maximum atomic E-state index is 12.5.